The lowest BCUT2D eigenvalue weighted by molar-refractivity contribution is -0.138. The molecule has 5 heterocycles. The first-order valence-corrected chi connectivity index (χ1v) is 21.7. The number of amides is 3. The molecule has 0 bridgehead atoms. The number of nitrogens with zero attached hydrogens (tertiary/aromatic N) is 5. The van der Waals surface area contributed by atoms with E-state index in [-0.39, 0.29) is 35.9 Å². The summed E-state index contributed by atoms with van der Waals surface area (Å²) in [5.74, 6) is 1.54. The number of rotatable bonds is 11. The van der Waals surface area contributed by atoms with E-state index in [0.717, 1.165) is 87.3 Å². The minimum atomic E-state index is -0.675. The highest BCUT2D eigenvalue weighted by atomic mass is 16.5. The quantitative estimate of drug-likeness (QED) is 0.119. The molecular formula is C49H54N8O5. The van der Waals surface area contributed by atoms with Crippen molar-refractivity contribution < 1.29 is 23.9 Å². The third-order valence-electron chi connectivity index (χ3n) is 12.9. The number of ether oxygens (including phenoxy) is 2. The average Bonchev–Trinajstić information content (AvgIpc) is 4.16. The second-order valence-electron chi connectivity index (χ2n) is 16.9. The zero-order valence-corrected chi connectivity index (χ0v) is 35.6. The molecule has 3 saturated heterocycles. The maximum absolute atomic E-state index is 14.0. The van der Waals surface area contributed by atoms with Crippen molar-refractivity contribution in [1.29, 1.82) is 0 Å². The lowest BCUT2D eigenvalue weighted by Gasteiger charge is -2.34. The minimum absolute atomic E-state index is 0.0193. The molecule has 3 aliphatic heterocycles. The molecule has 3 amide bonds. The van der Waals surface area contributed by atoms with Crippen molar-refractivity contribution in [3.8, 4) is 33.6 Å². The molecule has 320 valence electrons. The number of alkyl carbamates (subject to hydrolysis) is 1. The van der Waals surface area contributed by atoms with Crippen molar-refractivity contribution in [2.24, 2.45) is 5.92 Å². The summed E-state index contributed by atoms with van der Waals surface area (Å²) >= 11 is 0. The van der Waals surface area contributed by atoms with E-state index in [2.05, 4.69) is 75.9 Å². The number of hydrogen-bond donors (Lipinski definition) is 3. The fourth-order valence-electron chi connectivity index (χ4n) is 9.62. The van der Waals surface area contributed by atoms with Gasteiger partial charge in [-0.15, -0.1) is 0 Å². The molecule has 4 aromatic carbocycles. The molecule has 13 heteroatoms. The van der Waals surface area contributed by atoms with Gasteiger partial charge >= 0.3 is 6.09 Å². The lowest BCUT2D eigenvalue weighted by atomic mass is 9.90. The van der Waals surface area contributed by atoms with Gasteiger partial charge in [-0.3, -0.25) is 14.5 Å². The fraction of sp³-hybridized carbons (Fsp3) is 0.367. The Kier molecular flexibility index (Phi) is 11.9. The molecule has 3 fully saturated rings. The Morgan fingerprint density at radius 3 is 1.87 bits per heavy atom. The summed E-state index contributed by atoms with van der Waals surface area (Å²) in [6.45, 7) is 2.44. The molecule has 6 aromatic rings. The van der Waals surface area contributed by atoms with Crippen molar-refractivity contribution in [3.05, 3.63) is 121 Å². The van der Waals surface area contributed by atoms with Crippen LogP contribution in [0.4, 0.5) is 4.79 Å². The number of benzene rings is 4. The standard InChI is InChI=1S/C49H54N8O5/c1-55(2)44(34-9-5-4-6-10-34)48(59)57-24-8-12-42(57)46-51-30-40(53-46)38-20-19-36-27-35(17-18-37(36)28-38)31-13-15-32(16-14-31)39-29-50-45(52-39)41-11-7-23-56(41)47(58)43(54-49(60)61-3)33-21-25-62-26-22-33/h4-6,9-10,13-20,27-30,33,41-44H,7-8,11-12,21-26H2,1-3H3,(H,50,52)(H,51,53)(H,54,60)/t41-,42-,43-,44?/m0/s1. The highest BCUT2D eigenvalue weighted by molar-refractivity contribution is 5.91. The number of imidazole rings is 2. The zero-order valence-electron chi connectivity index (χ0n) is 35.6. The van der Waals surface area contributed by atoms with Crippen LogP contribution >= 0.6 is 0 Å². The van der Waals surface area contributed by atoms with E-state index >= 15 is 0 Å². The predicted molar refractivity (Wildman–Crippen MR) is 238 cm³/mol. The number of carbonyl (C=O) groups is 3. The van der Waals surface area contributed by atoms with Crippen LogP contribution in [0.3, 0.4) is 0 Å². The number of carbonyl (C=O) groups excluding carboxylic acids is 3. The van der Waals surface area contributed by atoms with E-state index in [4.69, 9.17) is 19.4 Å². The molecule has 3 aliphatic rings. The number of aromatic nitrogens is 4. The number of aromatic amines is 2. The molecule has 3 N–H and O–H groups in total. The summed E-state index contributed by atoms with van der Waals surface area (Å²) in [5.41, 5.74) is 7.05. The zero-order chi connectivity index (χ0) is 42.7. The van der Waals surface area contributed by atoms with Crippen LogP contribution in [0.15, 0.2) is 103 Å². The Hall–Kier alpha value is -6.31. The van der Waals surface area contributed by atoms with E-state index in [1.54, 1.807) is 0 Å². The molecular weight excluding hydrogens is 781 g/mol. The summed E-state index contributed by atoms with van der Waals surface area (Å²) in [7, 11) is 5.23. The van der Waals surface area contributed by atoms with Gasteiger partial charge in [0, 0.05) is 31.9 Å². The van der Waals surface area contributed by atoms with E-state index in [1.165, 1.54) is 7.11 Å². The normalized spacial score (nSPS) is 19.2. The minimum Gasteiger partial charge on any atom is -0.453 e. The van der Waals surface area contributed by atoms with Crippen LogP contribution in [0.1, 0.15) is 73.9 Å². The van der Waals surface area contributed by atoms with Crippen LogP contribution in [-0.2, 0) is 19.1 Å². The summed E-state index contributed by atoms with van der Waals surface area (Å²) < 4.78 is 10.4. The third-order valence-corrected chi connectivity index (χ3v) is 12.9. The van der Waals surface area contributed by atoms with Crippen molar-refractivity contribution in [3.63, 3.8) is 0 Å². The maximum Gasteiger partial charge on any atom is 0.407 e. The molecule has 0 saturated carbocycles. The Morgan fingerprint density at radius 2 is 1.26 bits per heavy atom. The van der Waals surface area contributed by atoms with Gasteiger partial charge < -0.3 is 34.6 Å². The molecule has 13 nitrogen and oxygen atoms in total. The molecule has 2 aromatic heterocycles. The van der Waals surface area contributed by atoms with Gasteiger partial charge in [0.2, 0.25) is 11.8 Å². The first kappa shape index (κ1) is 41.1. The number of methoxy groups -OCH3 is 1. The van der Waals surface area contributed by atoms with Crippen LogP contribution < -0.4 is 5.32 Å². The summed E-state index contributed by atoms with van der Waals surface area (Å²) in [6.07, 6.45) is 7.97. The SMILES string of the molecule is COC(=O)N[C@H](C(=O)N1CCC[C@H]1c1ncc(-c2ccc(-c3ccc4cc(-c5cnc([C@@H]6CCCN6C(=O)C(c6ccccc6)N(C)C)[nH]5)ccc4c3)cc2)[nH]1)C1CCOCC1. The molecule has 9 rings (SSSR count). The predicted octanol–water partition coefficient (Wildman–Crippen LogP) is 8.07. The summed E-state index contributed by atoms with van der Waals surface area (Å²) in [5, 5.41) is 5.08. The number of nitrogens with one attached hydrogen (secondary N) is 3. The van der Waals surface area contributed by atoms with Gasteiger partial charge in [-0.1, -0.05) is 78.9 Å². The number of H-pyrrole nitrogens is 2. The number of hydrogen-bond acceptors (Lipinski definition) is 8. The van der Waals surface area contributed by atoms with Gasteiger partial charge in [0.05, 0.1) is 43.0 Å². The monoisotopic (exact) mass is 834 g/mol. The molecule has 1 unspecified atom stereocenters. The molecule has 0 spiro atoms. The first-order chi connectivity index (χ1) is 30.2. The largest absolute Gasteiger partial charge is 0.453 e. The summed E-state index contributed by atoms with van der Waals surface area (Å²) in [4.78, 5) is 62.7. The van der Waals surface area contributed by atoms with Gasteiger partial charge in [-0.25, -0.2) is 14.8 Å². The highest BCUT2D eigenvalue weighted by Gasteiger charge is 2.40. The average molecular weight is 835 g/mol. The second-order valence-corrected chi connectivity index (χ2v) is 16.9. The molecule has 0 radical (unpaired) electrons. The van der Waals surface area contributed by atoms with E-state index in [1.807, 2.05) is 71.5 Å². The van der Waals surface area contributed by atoms with Gasteiger partial charge in [0.1, 0.15) is 23.7 Å². The van der Waals surface area contributed by atoms with Crippen LogP contribution in [0.5, 0.6) is 0 Å². The maximum atomic E-state index is 14.0. The molecule has 4 atom stereocenters. The van der Waals surface area contributed by atoms with E-state index in [9.17, 15) is 14.4 Å². The molecule has 62 heavy (non-hydrogen) atoms. The van der Waals surface area contributed by atoms with Gasteiger partial charge in [0.25, 0.3) is 0 Å². The van der Waals surface area contributed by atoms with E-state index < -0.39 is 12.1 Å². The van der Waals surface area contributed by atoms with Crippen LogP contribution in [0.2, 0.25) is 0 Å². The number of likely N-dealkylation sites (N-methyl/N-ethyl adjacent to an activating group) is 1. The number of likely N-dealkylation sites (tertiary alicyclic amines) is 2. The van der Waals surface area contributed by atoms with Gasteiger partial charge in [-0.05, 0) is 104 Å². The second kappa shape index (κ2) is 18.0. The summed E-state index contributed by atoms with van der Waals surface area (Å²) in [6, 6.07) is 30.1. The highest BCUT2D eigenvalue weighted by Crippen LogP contribution is 2.37. The van der Waals surface area contributed by atoms with E-state index in [0.29, 0.717) is 39.1 Å². The van der Waals surface area contributed by atoms with Crippen LogP contribution in [0, 0.1) is 5.92 Å². The third kappa shape index (κ3) is 8.34. The van der Waals surface area contributed by atoms with Gasteiger partial charge in [0.15, 0.2) is 0 Å². The lowest BCUT2D eigenvalue weighted by Crippen LogP contribution is -2.53. The Balaban J connectivity index is 0.870. The van der Waals surface area contributed by atoms with Crippen molar-refractivity contribution >= 4 is 28.7 Å². The molecule has 0 aliphatic carbocycles. The van der Waals surface area contributed by atoms with Crippen molar-refractivity contribution in [1.82, 2.24) is 40.0 Å². The van der Waals surface area contributed by atoms with Crippen LogP contribution in [-0.4, -0.2) is 106 Å². The Bertz CT molecular complexity index is 2530. The van der Waals surface area contributed by atoms with Crippen molar-refractivity contribution in [2.75, 3.05) is 47.5 Å². The van der Waals surface area contributed by atoms with Gasteiger partial charge in [-0.2, -0.15) is 0 Å². The topological polar surface area (TPSA) is 149 Å². The Morgan fingerprint density at radius 1 is 0.710 bits per heavy atom. The smallest absolute Gasteiger partial charge is 0.407 e. The fourth-order valence-corrected chi connectivity index (χ4v) is 9.62. The first-order valence-electron chi connectivity index (χ1n) is 21.7. The number of fused-ring (bicyclic) bond motifs is 1. The Labute approximate surface area is 361 Å². The van der Waals surface area contributed by atoms with Crippen molar-refractivity contribution in [2.45, 2.75) is 62.7 Å². The van der Waals surface area contributed by atoms with Crippen LogP contribution in [0.25, 0.3) is 44.4 Å².